The Hall–Kier alpha value is -4.94. The van der Waals surface area contributed by atoms with Crippen molar-refractivity contribution in [2.45, 2.75) is 25.9 Å². The van der Waals surface area contributed by atoms with Crippen LogP contribution in [-0.2, 0) is 35.5 Å². The number of halogens is 2. The average Bonchev–Trinajstić information content (AvgIpc) is 3.41. The summed E-state index contributed by atoms with van der Waals surface area (Å²) in [5, 5.41) is 58.9. The van der Waals surface area contributed by atoms with Gasteiger partial charge in [-0.05, 0) is 79.9 Å². The molecule has 0 atom stereocenters. The van der Waals surface area contributed by atoms with Gasteiger partial charge in [-0.15, -0.1) is 0 Å². The fourth-order valence-electron chi connectivity index (χ4n) is 5.35. The van der Waals surface area contributed by atoms with Gasteiger partial charge >= 0.3 is 11.9 Å². The van der Waals surface area contributed by atoms with Gasteiger partial charge < -0.3 is 39.8 Å². The Labute approximate surface area is 279 Å². The van der Waals surface area contributed by atoms with E-state index in [0.29, 0.717) is 49.7 Å². The molecule has 6 N–H and O–H groups in total. The van der Waals surface area contributed by atoms with Crippen molar-refractivity contribution in [2.24, 2.45) is 0 Å². The second-order valence-corrected chi connectivity index (χ2v) is 12.0. The van der Waals surface area contributed by atoms with Crippen LogP contribution >= 0.6 is 31.9 Å². The number of benzene rings is 4. The van der Waals surface area contributed by atoms with E-state index >= 15 is 0 Å². The molecule has 46 heavy (non-hydrogen) atoms. The van der Waals surface area contributed by atoms with Gasteiger partial charge in [-0.3, -0.25) is 9.59 Å². The number of rotatable bonds is 8. The first-order valence-corrected chi connectivity index (χ1v) is 15.5. The lowest BCUT2D eigenvalue weighted by molar-refractivity contribution is -0.137. The molecule has 2 aromatic heterocycles. The van der Waals surface area contributed by atoms with E-state index in [1.807, 2.05) is 21.3 Å². The van der Waals surface area contributed by atoms with E-state index in [1.165, 1.54) is 0 Å². The molecule has 0 aliphatic rings. The van der Waals surface area contributed by atoms with Crippen LogP contribution in [-0.4, -0.2) is 51.7 Å². The number of para-hydroxylation sites is 2. The number of hydrogen-bond donors (Lipinski definition) is 6. The van der Waals surface area contributed by atoms with Crippen LogP contribution in [0.25, 0.3) is 21.8 Å². The topological polar surface area (TPSA) is 165 Å². The maximum absolute atomic E-state index is 11.1. The van der Waals surface area contributed by atoms with E-state index in [9.17, 15) is 30.0 Å². The van der Waals surface area contributed by atoms with Crippen molar-refractivity contribution in [1.29, 1.82) is 0 Å². The molecule has 0 aliphatic carbocycles. The zero-order valence-electron chi connectivity index (χ0n) is 24.1. The Morgan fingerprint density at radius 3 is 1.85 bits per heavy atom. The van der Waals surface area contributed by atoms with Crippen molar-refractivity contribution in [3.8, 4) is 23.0 Å². The van der Waals surface area contributed by atoms with Crippen LogP contribution in [0.15, 0.2) is 94.1 Å². The maximum Gasteiger partial charge on any atom is 0.307 e. The van der Waals surface area contributed by atoms with Crippen LogP contribution in [0.1, 0.15) is 22.3 Å². The van der Waals surface area contributed by atoms with Crippen molar-refractivity contribution in [3.63, 3.8) is 0 Å². The van der Waals surface area contributed by atoms with Crippen LogP contribution in [0.5, 0.6) is 23.0 Å². The van der Waals surface area contributed by atoms with E-state index in [1.54, 1.807) is 72.8 Å². The largest absolute Gasteiger partial charge is 0.508 e. The number of phenolic OH excluding ortho intramolecular Hbond substituents is 4. The summed E-state index contributed by atoms with van der Waals surface area (Å²) in [5.74, 6) is -1.34. The van der Waals surface area contributed by atoms with Crippen molar-refractivity contribution < 1.29 is 40.2 Å². The zero-order valence-corrected chi connectivity index (χ0v) is 27.2. The lowest BCUT2D eigenvalue weighted by atomic mass is 10.1. The molecule has 6 aromatic rings. The monoisotopic (exact) mass is 750 g/mol. The summed E-state index contributed by atoms with van der Waals surface area (Å²) in [6.45, 7) is 0.822. The highest BCUT2D eigenvalue weighted by molar-refractivity contribution is 9.10. The molecule has 236 valence electrons. The number of hydrogen-bond acceptors (Lipinski definition) is 6. The molecule has 4 aromatic carbocycles. The number of aromatic nitrogens is 2. The molecule has 0 saturated carbocycles. The van der Waals surface area contributed by atoms with E-state index in [-0.39, 0.29) is 35.8 Å². The number of phenols is 4. The first-order chi connectivity index (χ1) is 21.9. The summed E-state index contributed by atoms with van der Waals surface area (Å²) in [6.07, 6.45) is -0.294. The normalized spacial score (nSPS) is 11.0. The van der Waals surface area contributed by atoms with Crippen molar-refractivity contribution in [1.82, 2.24) is 9.13 Å². The molecular weight excluding hydrogens is 724 g/mol. The van der Waals surface area contributed by atoms with Crippen molar-refractivity contribution in [2.75, 3.05) is 0 Å². The summed E-state index contributed by atoms with van der Waals surface area (Å²) in [4.78, 5) is 22.3. The molecule has 0 bridgehead atoms. The van der Waals surface area contributed by atoms with E-state index in [0.717, 1.165) is 16.6 Å². The van der Waals surface area contributed by atoms with E-state index in [4.69, 9.17) is 10.2 Å². The molecule has 0 spiro atoms. The van der Waals surface area contributed by atoms with E-state index in [2.05, 4.69) is 31.9 Å². The summed E-state index contributed by atoms with van der Waals surface area (Å²) >= 11 is 6.93. The lowest BCUT2D eigenvalue weighted by Crippen LogP contribution is -2.03. The third-order valence-electron chi connectivity index (χ3n) is 7.43. The number of nitrogens with zero attached hydrogens (tertiary/aromatic N) is 2. The molecule has 0 radical (unpaired) electrons. The minimum absolute atomic E-state index is 0.0800. The summed E-state index contributed by atoms with van der Waals surface area (Å²) in [7, 11) is 0. The lowest BCUT2D eigenvalue weighted by Gasteiger charge is -2.09. The van der Waals surface area contributed by atoms with Crippen LogP contribution < -0.4 is 0 Å². The number of carboxylic acid groups (broad SMARTS) is 2. The average molecular weight is 752 g/mol. The maximum atomic E-state index is 11.1. The second-order valence-electron chi connectivity index (χ2n) is 10.5. The van der Waals surface area contributed by atoms with Crippen molar-refractivity contribution >= 4 is 65.6 Å². The molecule has 12 heteroatoms. The molecule has 0 unspecified atom stereocenters. The molecule has 2 heterocycles. The quantitative estimate of drug-likeness (QED) is 0.0970. The standard InChI is InChI=1S/2C17H14BrNO4/c18-17-13(8-15(22)23)12-2-1-3-14(21)16(12)19(17)9-10-4-6-11(20)7-5-10;18-17-13(8-16(22)23)12-7-11(20)5-6-14(12)19(17)9-10-3-1-2-4-15(10)21/h2*1-7,20-21H,8-9H2,(H,22,23). The highest BCUT2D eigenvalue weighted by atomic mass is 79.9. The Kier molecular flexibility index (Phi) is 9.59. The van der Waals surface area contributed by atoms with Gasteiger partial charge in [-0.2, -0.15) is 0 Å². The fourth-order valence-corrected chi connectivity index (χ4v) is 6.68. The number of aromatic hydroxyl groups is 4. The van der Waals surface area contributed by atoms with Gasteiger partial charge in [0.1, 0.15) is 23.0 Å². The second kappa shape index (κ2) is 13.6. The minimum atomic E-state index is -0.948. The number of aliphatic carboxylic acids is 2. The molecule has 10 nitrogen and oxygen atoms in total. The Bertz CT molecular complexity index is 2080. The predicted octanol–water partition coefficient (Wildman–Crippen LogP) is 6.98. The van der Waals surface area contributed by atoms with Gasteiger partial charge in [0.2, 0.25) is 0 Å². The number of carboxylic acids is 2. The van der Waals surface area contributed by atoms with Gasteiger partial charge in [-0.1, -0.05) is 42.5 Å². The van der Waals surface area contributed by atoms with Gasteiger partial charge in [0.15, 0.2) is 0 Å². The van der Waals surface area contributed by atoms with Crippen molar-refractivity contribution in [3.05, 3.63) is 116 Å². The van der Waals surface area contributed by atoms with Gasteiger partial charge in [0.25, 0.3) is 0 Å². The first kappa shape index (κ1) is 32.5. The molecule has 0 saturated heterocycles. The smallest absolute Gasteiger partial charge is 0.307 e. The SMILES string of the molecule is O=C(O)Cc1c(Br)n(Cc2ccc(O)cc2)c2c(O)cccc12.O=C(O)Cc1c(Br)n(Cc2ccccc2O)c2ccc(O)cc12. The minimum Gasteiger partial charge on any atom is -0.508 e. The van der Waals surface area contributed by atoms with Crippen LogP contribution in [0.2, 0.25) is 0 Å². The summed E-state index contributed by atoms with van der Waals surface area (Å²) < 4.78 is 4.96. The third kappa shape index (κ3) is 6.82. The highest BCUT2D eigenvalue weighted by Crippen LogP contribution is 2.37. The number of carbonyl (C=O) groups is 2. The van der Waals surface area contributed by atoms with Crippen LogP contribution in [0, 0.1) is 0 Å². The number of fused-ring (bicyclic) bond motifs is 2. The summed E-state index contributed by atoms with van der Waals surface area (Å²) in [6, 6.07) is 23.7. The molecule has 0 aliphatic heterocycles. The Morgan fingerprint density at radius 2 is 1.20 bits per heavy atom. The molecule has 0 amide bonds. The van der Waals surface area contributed by atoms with Gasteiger partial charge in [0.05, 0.1) is 34.1 Å². The third-order valence-corrected chi connectivity index (χ3v) is 9.24. The molecule has 0 fully saturated rings. The molecular formula is C34H28Br2N2O8. The predicted molar refractivity (Wildman–Crippen MR) is 180 cm³/mol. The highest BCUT2D eigenvalue weighted by Gasteiger charge is 2.21. The van der Waals surface area contributed by atoms with Crippen LogP contribution in [0.4, 0.5) is 0 Å². The molecule has 6 rings (SSSR count). The van der Waals surface area contributed by atoms with Gasteiger partial charge in [0, 0.05) is 39.5 Å². The summed E-state index contributed by atoms with van der Waals surface area (Å²) in [5.41, 5.74) is 4.24. The van der Waals surface area contributed by atoms with Gasteiger partial charge in [-0.25, -0.2) is 0 Å². The van der Waals surface area contributed by atoms with Crippen LogP contribution in [0.3, 0.4) is 0 Å². The zero-order chi connectivity index (χ0) is 33.1. The fraction of sp³-hybridized carbons (Fsp3) is 0.118. The Balaban J connectivity index is 0.000000181. The Morgan fingerprint density at radius 1 is 0.609 bits per heavy atom. The first-order valence-electron chi connectivity index (χ1n) is 13.9. The van der Waals surface area contributed by atoms with E-state index < -0.39 is 11.9 Å².